The molecule has 0 spiro atoms. The van der Waals surface area contributed by atoms with E-state index < -0.39 is 0 Å². The minimum absolute atomic E-state index is 0.0840. The molecule has 0 atom stereocenters. The van der Waals surface area contributed by atoms with Crippen molar-refractivity contribution in [2.75, 3.05) is 5.43 Å². The molecule has 1 N–H and O–H groups in total. The summed E-state index contributed by atoms with van der Waals surface area (Å²) in [4.78, 5) is 0. The van der Waals surface area contributed by atoms with Crippen LogP contribution in [0.2, 0.25) is 0 Å². The molecule has 0 aliphatic heterocycles. The summed E-state index contributed by atoms with van der Waals surface area (Å²) in [6, 6.07) is 14.6. The van der Waals surface area contributed by atoms with E-state index in [0.717, 1.165) is 5.69 Å². The van der Waals surface area contributed by atoms with Gasteiger partial charge in [0, 0.05) is 5.56 Å². The Hall–Kier alpha value is -2.20. The van der Waals surface area contributed by atoms with Gasteiger partial charge in [-0.15, -0.1) is 0 Å². The first-order valence-corrected chi connectivity index (χ1v) is 6.89. The first-order valence-electron chi connectivity index (χ1n) is 6.89. The Kier molecular flexibility index (Phi) is 5.46. The van der Waals surface area contributed by atoms with Crippen LogP contribution in [0, 0.1) is 5.82 Å². The van der Waals surface area contributed by atoms with Gasteiger partial charge in [-0.1, -0.05) is 30.3 Å². The third-order valence-corrected chi connectivity index (χ3v) is 2.83. The van der Waals surface area contributed by atoms with Gasteiger partial charge in [0.25, 0.3) is 0 Å². The number of rotatable bonds is 6. The SMILES string of the molecule is CC(C)OCc1ccc(C=NNc2ccccc2)cc1F. The van der Waals surface area contributed by atoms with Crippen molar-refractivity contribution in [3.8, 4) is 0 Å². The molecule has 0 unspecified atom stereocenters. The molecule has 2 rings (SSSR count). The summed E-state index contributed by atoms with van der Waals surface area (Å²) < 4.78 is 19.3. The number of ether oxygens (including phenoxy) is 1. The van der Waals surface area contributed by atoms with Gasteiger partial charge >= 0.3 is 0 Å². The number of hydrazone groups is 1. The molecule has 21 heavy (non-hydrogen) atoms. The van der Waals surface area contributed by atoms with Gasteiger partial charge in [-0.3, -0.25) is 5.43 Å². The van der Waals surface area contributed by atoms with Crippen LogP contribution in [0.25, 0.3) is 0 Å². The summed E-state index contributed by atoms with van der Waals surface area (Å²) in [5, 5.41) is 4.08. The molecule has 2 aromatic carbocycles. The van der Waals surface area contributed by atoms with Gasteiger partial charge in [0.15, 0.2) is 0 Å². The van der Waals surface area contributed by atoms with E-state index in [4.69, 9.17) is 4.74 Å². The Balaban J connectivity index is 1.96. The van der Waals surface area contributed by atoms with E-state index in [-0.39, 0.29) is 18.5 Å². The Morgan fingerprint density at radius 2 is 1.95 bits per heavy atom. The van der Waals surface area contributed by atoms with Crippen molar-refractivity contribution in [2.24, 2.45) is 5.10 Å². The third-order valence-electron chi connectivity index (χ3n) is 2.83. The van der Waals surface area contributed by atoms with E-state index in [2.05, 4.69) is 10.5 Å². The second kappa shape index (κ2) is 7.55. The van der Waals surface area contributed by atoms with E-state index in [1.165, 1.54) is 6.07 Å². The summed E-state index contributed by atoms with van der Waals surface area (Å²) >= 11 is 0. The molecule has 0 aromatic heterocycles. The second-order valence-corrected chi connectivity index (χ2v) is 4.95. The summed E-state index contributed by atoms with van der Waals surface area (Å²) in [5.41, 5.74) is 5.03. The first kappa shape index (κ1) is 15.2. The highest BCUT2D eigenvalue weighted by atomic mass is 19.1. The maximum absolute atomic E-state index is 13.9. The minimum atomic E-state index is -0.278. The van der Waals surface area contributed by atoms with E-state index >= 15 is 0 Å². The lowest BCUT2D eigenvalue weighted by Gasteiger charge is -2.08. The van der Waals surface area contributed by atoms with Crippen LogP contribution >= 0.6 is 0 Å². The number of halogens is 1. The van der Waals surface area contributed by atoms with Gasteiger partial charge in [-0.25, -0.2) is 4.39 Å². The zero-order valence-corrected chi connectivity index (χ0v) is 12.2. The fraction of sp³-hybridized carbons (Fsp3) is 0.235. The standard InChI is InChI=1S/C17H19FN2O/c1-13(2)21-12-15-9-8-14(10-17(15)18)11-19-20-16-6-4-3-5-7-16/h3-11,13,20H,12H2,1-2H3. The highest BCUT2D eigenvalue weighted by Gasteiger charge is 2.04. The first-order chi connectivity index (χ1) is 10.1. The molecule has 0 fully saturated rings. The van der Waals surface area contributed by atoms with Crippen molar-refractivity contribution in [1.82, 2.24) is 0 Å². The molecule has 0 bridgehead atoms. The lowest BCUT2D eigenvalue weighted by molar-refractivity contribution is 0.0639. The maximum Gasteiger partial charge on any atom is 0.129 e. The molecule has 0 radical (unpaired) electrons. The predicted molar refractivity (Wildman–Crippen MR) is 84.0 cm³/mol. The molecule has 2 aromatic rings. The number of nitrogens with one attached hydrogen (secondary N) is 1. The number of anilines is 1. The molecule has 3 nitrogen and oxygen atoms in total. The number of hydrogen-bond donors (Lipinski definition) is 1. The zero-order chi connectivity index (χ0) is 15.1. The number of hydrogen-bond acceptors (Lipinski definition) is 3. The number of benzene rings is 2. The van der Waals surface area contributed by atoms with Gasteiger partial charge in [0.2, 0.25) is 0 Å². The van der Waals surface area contributed by atoms with Crippen molar-refractivity contribution in [3.05, 3.63) is 65.5 Å². The molecule has 4 heteroatoms. The van der Waals surface area contributed by atoms with Crippen molar-refractivity contribution >= 4 is 11.9 Å². The Morgan fingerprint density at radius 1 is 1.19 bits per heavy atom. The Bertz CT molecular complexity index is 597. The fourth-order valence-electron chi connectivity index (χ4n) is 1.71. The van der Waals surface area contributed by atoms with Crippen LogP contribution in [0.4, 0.5) is 10.1 Å². The van der Waals surface area contributed by atoms with Gasteiger partial charge in [-0.2, -0.15) is 5.10 Å². The van der Waals surface area contributed by atoms with Crippen LogP contribution in [0.1, 0.15) is 25.0 Å². The molecule has 0 saturated heterocycles. The van der Waals surface area contributed by atoms with Crippen LogP contribution in [-0.2, 0) is 11.3 Å². The highest BCUT2D eigenvalue weighted by molar-refractivity contribution is 5.80. The van der Waals surface area contributed by atoms with Crippen LogP contribution in [-0.4, -0.2) is 12.3 Å². The topological polar surface area (TPSA) is 33.6 Å². The van der Waals surface area contributed by atoms with E-state index in [1.807, 2.05) is 50.2 Å². The molecule has 0 saturated carbocycles. The number of nitrogens with zero attached hydrogens (tertiary/aromatic N) is 1. The van der Waals surface area contributed by atoms with Gasteiger partial charge in [0.1, 0.15) is 5.82 Å². The lowest BCUT2D eigenvalue weighted by atomic mass is 10.1. The van der Waals surface area contributed by atoms with Gasteiger partial charge in [0.05, 0.1) is 24.6 Å². The Morgan fingerprint density at radius 3 is 2.62 bits per heavy atom. The average molecular weight is 286 g/mol. The zero-order valence-electron chi connectivity index (χ0n) is 12.2. The summed E-state index contributed by atoms with van der Waals surface area (Å²) in [6.07, 6.45) is 1.67. The molecule has 0 heterocycles. The number of para-hydroxylation sites is 1. The largest absolute Gasteiger partial charge is 0.374 e. The fourth-order valence-corrected chi connectivity index (χ4v) is 1.71. The van der Waals surface area contributed by atoms with E-state index in [0.29, 0.717) is 11.1 Å². The van der Waals surface area contributed by atoms with Crippen LogP contribution in [0.3, 0.4) is 0 Å². The molecule has 0 amide bonds. The monoisotopic (exact) mass is 286 g/mol. The smallest absolute Gasteiger partial charge is 0.129 e. The second-order valence-electron chi connectivity index (χ2n) is 4.95. The van der Waals surface area contributed by atoms with Crippen molar-refractivity contribution < 1.29 is 9.13 Å². The quantitative estimate of drug-likeness (QED) is 0.638. The summed E-state index contributed by atoms with van der Waals surface area (Å²) in [5.74, 6) is -0.278. The van der Waals surface area contributed by atoms with Crippen molar-refractivity contribution in [3.63, 3.8) is 0 Å². The van der Waals surface area contributed by atoms with Crippen molar-refractivity contribution in [2.45, 2.75) is 26.6 Å². The Labute approximate surface area is 124 Å². The molecular formula is C17H19FN2O. The van der Waals surface area contributed by atoms with Gasteiger partial charge < -0.3 is 4.74 Å². The van der Waals surface area contributed by atoms with Crippen LogP contribution in [0.5, 0.6) is 0 Å². The van der Waals surface area contributed by atoms with E-state index in [1.54, 1.807) is 12.3 Å². The maximum atomic E-state index is 13.9. The predicted octanol–water partition coefficient (Wildman–Crippen LogP) is 4.20. The molecule has 0 aliphatic rings. The highest BCUT2D eigenvalue weighted by Crippen LogP contribution is 2.12. The van der Waals surface area contributed by atoms with Crippen LogP contribution in [0.15, 0.2) is 53.6 Å². The molecular weight excluding hydrogens is 267 g/mol. The summed E-state index contributed by atoms with van der Waals surface area (Å²) in [7, 11) is 0. The van der Waals surface area contributed by atoms with E-state index in [9.17, 15) is 4.39 Å². The van der Waals surface area contributed by atoms with Crippen LogP contribution < -0.4 is 5.43 Å². The summed E-state index contributed by atoms with van der Waals surface area (Å²) in [6.45, 7) is 4.13. The van der Waals surface area contributed by atoms with Crippen molar-refractivity contribution in [1.29, 1.82) is 0 Å². The normalized spacial score (nSPS) is 11.2. The minimum Gasteiger partial charge on any atom is -0.374 e. The van der Waals surface area contributed by atoms with Gasteiger partial charge in [-0.05, 0) is 37.6 Å². The lowest BCUT2D eigenvalue weighted by Crippen LogP contribution is -2.04. The molecule has 0 aliphatic carbocycles. The average Bonchev–Trinajstić information content (AvgIpc) is 2.47. The third kappa shape index (κ3) is 5.00. The molecule has 110 valence electrons.